The van der Waals surface area contributed by atoms with Gasteiger partial charge in [0.1, 0.15) is 0 Å². The van der Waals surface area contributed by atoms with Crippen LogP contribution in [0.2, 0.25) is 0 Å². The number of aliphatic imine (C=N–C) groups is 1. The van der Waals surface area contributed by atoms with Gasteiger partial charge >= 0.3 is 0 Å². The number of guanidine groups is 1. The summed E-state index contributed by atoms with van der Waals surface area (Å²) in [7, 11) is 3.63. The SMILES string of the molecule is CCC(CC)CNC(=NC)NCC1CCN(CCOC)CC1. The molecule has 0 saturated carbocycles. The van der Waals surface area contributed by atoms with Crippen molar-refractivity contribution in [1.29, 1.82) is 0 Å². The first kappa shape index (κ1) is 19.2. The van der Waals surface area contributed by atoms with E-state index >= 15 is 0 Å². The smallest absolute Gasteiger partial charge is 0.190 e. The summed E-state index contributed by atoms with van der Waals surface area (Å²) in [5.41, 5.74) is 0. The predicted octanol–water partition coefficient (Wildman–Crippen LogP) is 1.95. The number of rotatable bonds is 9. The summed E-state index contributed by atoms with van der Waals surface area (Å²) in [5, 5.41) is 6.96. The molecule has 5 heteroatoms. The summed E-state index contributed by atoms with van der Waals surface area (Å²) in [6, 6.07) is 0. The van der Waals surface area contributed by atoms with Crippen molar-refractivity contribution in [3.63, 3.8) is 0 Å². The van der Waals surface area contributed by atoms with Crippen LogP contribution in [0.25, 0.3) is 0 Å². The van der Waals surface area contributed by atoms with Gasteiger partial charge in [0.15, 0.2) is 5.96 Å². The number of hydrogen-bond donors (Lipinski definition) is 2. The molecule has 5 nitrogen and oxygen atoms in total. The minimum absolute atomic E-state index is 0.738. The van der Waals surface area contributed by atoms with E-state index in [4.69, 9.17) is 4.74 Å². The third kappa shape index (κ3) is 7.45. The first-order valence-electron chi connectivity index (χ1n) is 8.89. The standard InChI is InChI=1S/C17H36N4O/c1-5-15(6-2)13-19-17(18-3)20-14-16-7-9-21(10-8-16)11-12-22-4/h15-16H,5-14H2,1-4H3,(H2,18,19,20). The van der Waals surface area contributed by atoms with Crippen molar-refractivity contribution >= 4 is 5.96 Å². The lowest BCUT2D eigenvalue weighted by atomic mass is 9.97. The van der Waals surface area contributed by atoms with Gasteiger partial charge in [-0.2, -0.15) is 0 Å². The predicted molar refractivity (Wildman–Crippen MR) is 94.5 cm³/mol. The summed E-state index contributed by atoms with van der Waals surface area (Å²) in [4.78, 5) is 6.84. The van der Waals surface area contributed by atoms with Crippen molar-refractivity contribution in [3.05, 3.63) is 0 Å². The zero-order valence-corrected chi connectivity index (χ0v) is 15.0. The third-order valence-corrected chi connectivity index (χ3v) is 4.81. The summed E-state index contributed by atoms with van der Waals surface area (Å²) in [6.07, 6.45) is 4.97. The number of likely N-dealkylation sites (tertiary alicyclic amines) is 1. The van der Waals surface area contributed by atoms with Crippen LogP contribution in [-0.4, -0.2) is 64.3 Å². The highest BCUT2D eigenvalue weighted by atomic mass is 16.5. The van der Waals surface area contributed by atoms with Crippen LogP contribution in [-0.2, 0) is 4.74 Å². The molecule has 1 saturated heterocycles. The fourth-order valence-electron chi connectivity index (χ4n) is 2.91. The zero-order chi connectivity index (χ0) is 16.2. The van der Waals surface area contributed by atoms with E-state index in [1.165, 1.54) is 38.8 Å². The van der Waals surface area contributed by atoms with Crippen LogP contribution in [0, 0.1) is 11.8 Å². The van der Waals surface area contributed by atoms with Gasteiger partial charge in [-0.25, -0.2) is 0 Å². The molecular weight excluding hydrogens is 276 g/mol. The van der Waals surface area contributed by atoms with Gasteiger partial charge in [-0.15, -0.1) is 0 Å². The quantitative estimate of drug-likeness (QED) is 0.505. The Balaban J connectivity index is 2.19. The maximum absolute atomic E-state index is 5.15. The van der Waals surface area contributed by atoms with E-state index in [0.717, 1.165) is 44.0 Å². The average molecular weight is 313 g/mol. The minimum Gasteiger partial charge on any atom is -0.383 e. The maximum atomic E-state index is 5.15. The van der Waals surface area contributed by atoms with Crippen molar-refractivity contribution in [1.82, 2.24) is 15.5 Å². The lowest BCUT2D eigenvalue weighted by molar-refractivity contribution is 0.121. The van der Waals surface area contributed by atoms with E-state index in [0.29, 0.717) is 0 Å². The molecule has 0 radical (unpaired) electrons. The van der Waals surface area contributed by atoms with Gasteiger partial charge in [-0.1, -0.05) is 26.7 Å². The molecule has 2 N–H and O–H groups in total. The van der Waals surface area contributed by atoms with Gasteiger partial charge in [-0.05, 0) is 37.8 Å². The number of nitrogens with zero attached hydrogens (tertiary/aromatic N) is 2. The van der Waals surface area contributed by atoms with E-state index in [1.807, 2.05) is 7.05 Å². The first-order valence-corrected chi connectivity index (χ1v) is 8.89. The Morgan fingerprint density at radius 2 is 1.91 bits per heavy atom. The fourth-order valence-corrected chi connectivity index (χ4v) is 2.91. The van der Waals surface area contributed by atoms with Crippen LogP contribution in [0.5, 0.6) is 0 Å². The summed E-state index contributed by atoms with van der Waals surface area (Å²) in [5.74, 6) is 2.45. The highest BCUT2D eigenvalue weighted by Crippen LogP contribution is 2.15. The first-order chi connectivity index (χ1) is 10.7. The lowest BCUT2D eigenvalue weighted by Crippen LogP contribution is -2.44. The molecule has 130 valence electrons. The Hall–Kier alpha value is -0.810. The van der Waals surface area contributed by atoms with E-state index in [1.54, 1.807) is 7.11 Å². The second kappa shape index (κ2) is 11.7. The highest BCUT2D eigenvalue weighted by Gasteiger charge is 2.19. The van der Waals surface area contributed by atoms with Gasteiger partial charge < -0.3 is 20.3 Å². The van der Waals surface area contributed by atoms with Gasteiger partial charge in [0, 0.05) is 33.8 Å². The van der Waals surface area contributed by atoms with Gasteiger partial charge in [0.2, 0.25) is 0 Å². The Kier molecular flexibility index (Phi) is 10.2. The van der Waals surface area contributed by atoms with E-state index in [9.17, 15) is 0 Å². The maximum Gasteiger partial charge on any atom is 0.190 e. The van der Waals surface area contributed by atoms with Crippen LogP contribution >= 0.6 is 0 Å². The third-order valence-electron chi connectivity index (χ3n) is 4.81. The van der Waals surface area contributed by atoms with Crippen LogP contribution in [0.1, 0.15) is 39.5 Å². The number of methoxy groups -OCH3 is 1. The summed E-state index contributed by atoms with van der Waals surface area (Å²) >= 11 is 0. The molecule has 0 bridgehead atoms. The second-order valence-corrected chi connectivity index (χ2v) is 6.29. The lowest BCUT2D eigenvalue weighted by Gasteiger charge is -2.32. The summed E-state index contributed by atoms with van der Waals surface area (Å²) < 4.78 is 5.15. The Morgan fingerprint density at radius 3 is 2.45 bits per heavy atom. The molecule has 0 atom stereocenters. The van der Waals surface area contributed by atoms with Gasteiger partial charge in [-0.3, -0.25) is 4.99 Å². The highest BCUT2D eigenvalue weighted by molar-refractivity contribution is 5.79. The van der Waals surface area contributed by atoms with Crippen molar-refractivity contribution < 1.29 is 4.74 Å². The molecule has 1 aliphatic rings. The monoisotopic (exact) mass is 312 g/mol. The van der Waals surface area contributed by atoms with Crippen molar-refractivity contribution in [3.8, 4) is 0 Å². The minimum atomic E-state index is 0.738. The van der Waals surface area contributed by atoms with Crippen molar-refractivity contribution in [2.75, 3.05) is 53.5 Å². The molecular formula is C17H36N4O. The molecule has 0 aliphatic carbocycles. The van der Waals surface area contributed by atoms with Crippen LogP contribution in [0.4, 0.5) is 0 Å². The van der Waals surface area contributed by atoms with Crippen LogP contribution in [0.3, 0.4) is 0 Å². The molecule has 0 aromatic rings. The van der Waals surface area contributed by atoms with Crippen LogP contribution in [0.15, 0.2) is 4.99 Å². The number of ether oxygens (including phenoxy) is 1. The zero-order valence-electron chi connectivity index (χ0n) is 15.0. The largest absolute Gasteiger partial charge is 0.383 e. The average Bonchev–Trinajstić information content (AvgIpc) is 2.57. The molecule has 0 unspecified atom stereocenters. The molecule has 0 spiro atoms. The normalized spacial score (nSPS) is 18.0. The van der Waals surface area contributed by atoms with E-state index < -0.39 is 0 Å². The molecule has 1 heterocycles. The van der Waals surface area contributed by atoms with Crippen molar-refractivity contribution in [2.45, 2.75) is 39.5 Å². The Labute approximate surface area is 136 Å². The van der Waals surface area contributed by atoms with Crippen LogP contribution < -0.4 is 10.6 Å². The molecule has 0 aromatic heterocycles. The number of nitrogens with one attached hydrogen (secondary N) is 2. The van der Waals surface area contributed by atoms with E-state index in [2.05, 4.69) is 34.4 Å². The molecule has 1 aliphatic heterocycles. The van der Waals surface area contributed by atoms with Crippen molar-refractivity contribution in [2.24, 2.45) is 16.8 Å². The second-order valence-electron chi connectivity index (χ2n) is 6.29. The fraction of sp³-hybridized carbons (Fsp3) is 0.941. The summed E-state index contributed by atoms with van der Waals surface area (Å²) in [6.45, 7) is 10.8. The van der Waals surface area contributed by atoms with Gasteiger partial charge in [0.05, 0.1) is 6.61 Å². The molecule has 22 heavy (non-hydrogen) atoms. The Morgan fingerprint density at radius 1 is 1.23 bits per heavy atom. The Bertz CT molecular complexity index is 297. The molecule has 1 rings (SSSR count). The van der Waals surface area contributed by atoms with E-state index in [-0.39, 0.29) is 0 Å². The molecule has 0 aromatic carbocycles. The number of piperidine rings is 1. The van der Waals surface area contributed by atoms with Gasteiger partial charge in [0.25, 0.3) is 0 Å². The molecule has 0 amide bonds. The number of hydrogen-bond acceptors (Lipinski definition) is 3. The molecule has 1 fully saturated rings. The topological polar surface area (TPSA) is 48.9 Å².